The highest BCUT2D eigenvalue weighted by molar-refractivity contribution is 6.74. The number of hydrogen-bond acceptors (Lipinski definition) is 7. The molecule has 0 saturated carbocycles. The maximum atomic E-state index is 11.7. The van der Waals surface area contributed by atoms with Gasteiger partial charge in [0.2, 0.25) is 0 Å². The molecule has 2 aromatic heterocycles. The van der Waals surface area contributed by atoms with Gasteiger partial charge in [-0.05, 0) is 36.7 Å². The monoisotopic (exact) mass is 403 g/mol. The zero-order valence-corrected chi connectivity index (χ0v) is 18.4. The molecule has 0 aliphatic carbocycles. The van der Waals surface area contributed by atoms with Crippen LogP contribution in [0.4, 0.5) is 5.82 Å². The van der Waals surface area contributed by atoms with Crippen LogP contribution in [0, 0.1) is 0 Å². The highest BCUT2D eigenvalue weighted by Crippen LogP contribution is 2.38. The lowest BCUT2D eigenvalue weighted by molar-refractivity contribution is 0.0591. The second kappa shape index (κ2) is 7.33. The van der Waals surface area contributed by atoms with Crippen molar-refractivity contribution in [3.8, 4) is 5.75 Å². The van der Waals surface area contributed by atoms with Crippen molar-refractivity contribution < 1.29 is 19.1 Å². The molecule has 0 bridgehead atoms. The first-order chi connectivity index (χ1) is 13.0. The van der Waals surface area contributed by atoms with Crippen molar-refractivity contribution in [3.05, 3.63) is 24.0 Å². The highest BCUT2D eigenvalue weighted by atomic mass is 28.4. The van der Waals surface area contributed by atoms with Crippen LogP contribution in [0.2, 0.25) is 18.1 Å². The number of aromatic nitrogens is 2. The molecule has 28 heavy (non-hydrogen) atoms. The van der Waals surface area contributed by atoms with E-state index in [4.69, 9.17) is 4.43 Å². The van der Waals surface area contributed by atoms with E-state index in [2.05, 4.69) is 53.5 Å². The fourth-order valence-corrected chi connectivity index (χ4v) is 4.50. The molecule has 1 fully saturated rings. The van der Waals surface area contributed by atoms with E-state index in [9.17, 15) is 9.90 Å². The Bertz CT molecular complexity index is 895. The predicted molar refractivity (Wildman–Crippen MR) is 111 cm³/mol. The second-order valence-electron chi connectivity index (χ2n) is 8.78. The van der Waals surface area contributed by atoms with Crippen LogP contribution in [-0.2, 0) is 9.16 Å². The van der Waals surface area contributed by atoms with Crippen molar-refractivity contribution >= 4 is 31.0 Å². The molecule has 1 N–H and O–H groups in total. The topological polar surface area (TPSA) is 84.8 Å². The number of fused-ring (bicyclic) bond motifs is 1. The first-order valence-corrected chi connectivity index (χ1v) is 12.4. The molecule has 0 unspecified atom stereocenters. The summed E-state index contributed by atoms with van der Waals surface area (Å²) < 4.78 is 11.2. The molecule has 8 heteroatoms. The van der Waals surface area contributed by atoms with Crippen LogP contribution < -0.4 is 4.90 Å². The Labute approximate surface area is 166 Å². The Morgan fingerprint density at radius 3 is 2.68 bits per heavy atom. The van der Waals surface area contributed by atoms with E-state index >= 15 is 0 Å². The summed E-state index contributed by atoms with van der Waals surface area (Å²) in [6, 6.07) is 3.63. The summed E-state index contributed by atoms with van der Waals surface area (Å²) in [6.07, 6.45) is 2.66. The number of pyridine rings is 2. The van der Waals surface area contributed by atoms with Crippen LogP contribution in [0.15, 0.2) is 18.3 Å². The number of methoxy groups -OCH3 is 1. The van der Waals surface area contributed by atoms with Gasteiger partial charge in [-0.15, -0.1) is 0 Å². The number of aromatic hydroxyl groups is 1. The number of carbonyl (C=O) groups excluding carboxylic acids is 1. The van der Waals surface area contributed by atoms with Crippen LogP contribution in [0.3, 0.4) is 0 Å². The summed E-state index contributed by atoms with van der Waals surface area (Å²) in [7, 11) is -0.552. The van der Waals surface area contributed by atoms with Gasteiger partial charge in [0, 0.05) is 18.5 Å². The third-order valence-electron chi connectivity index (χ3n) is 5.82. The number of carbonyl (C=O) groups is 1. The van der Waals surface area contributed by atoms with E-state index in [1.54, 1.807) is 6.07 Å². The normalized spacial score (nSPS) is 17.9. The minimum atomic E-state index is -1.81. The Morgan fingerprint density at radius 1 is 1.32 bits per heavy atom. The fourth-order valence-electron chi connectivity index (χ4n) is 3.13. The van der Waals surface area contributed by atoms with Gasteiger partial charge in [0.1, 0.15) is 5.82 Å². The molecule has 1 aliphatic rings. The minimum Gasteiger partial charge on any atom is -0.505 e. The first-order valence-electron chi connectivity index (χ1n) is 9.53. The number of ether oxygens (including phenoxy) is 1. The van der Waals surface area contributed by atoms with Gasteiger partial charge in [-0.1, -0.05) is 20.8 Å². The van der Waals surface area contributed by atoms with E-state index in [0.29, 0.717) is 10.9 Å². The molecule has 3 heterocycles. The van der Waals surface area contributed by atoms with Crippen LogP contribution in [0.1, 0.15) is 37.7 Å². The summed E-state index contributed by atoms with van der Waals surface area (Å²) in [6.45, 7) is 13.0. The van der Waals surface area contributed by atoms with Crippen molar-refractivity contribution in [1.29, 1.82) is 0 Å². The SMILES string of the molecule is COC(=O)c1ncc2nc(N3CC[C@@H](O[Si](C)(C)C(C)(C)C)C3)ccc2c1O. The van der Waals surface area contributed by atoms with E-state index in [1.165, 1.54) is 13.3 Å². The van der Waals surface area contributed by atoms with Gasteiger partial charge in [-0.3, -0.25) is 0 Å². The molecule has 152 valence electrons. The smallest absolute Gasteiger partial charge is 0.360 e. The second-order valence-corrected chi connectivity index (χ2v) is 13.5. The van der Waals surface area contributed by atoms with E-state index in [-0.39, 0.29) is 22.6 Å². The minimum absolute atomic E-state index is 0.103. The van der Waals surface area contributed by atoms with Crippen molar-refractivity contribution in [1.82, 2.24) is 9.97 Å². The van der Waals surface area contributed by atoms with Crippen molar-refractivity contribution in [3.63, 3.8) is 0 Å². The predicted octanol–water partition coefficient (Wildman–Crippen LogP) is 3.72. The fraction of sp³-hybridized carbons (Fsp3) is 0.550. The van der Waals surface area contributed by atoms with Gasteiger partial charge in [0.25, 0.3) is 0 Å². The lowest BCUT2D eigenvalue weighted by atomic mass is 10.2. The van der Waals surface area contributed by atoms with E-state index in [1.807, 2.05) is 6.07 Å². The number of nitrogens with zero attached hydrogens (tertiary/aromatic N) is 3. The summed E-state index contributed by atoms with van der Waals surface area (Å²) in [5.41, 5.74) is 0.435. The van der Waals surface area contributed by atoms with Gasteiger partial charge in [-0.2, -0.15) is 0 Å². The Kier molecular flexibility index (Phi) is 5.37. The van der Waals surface area contributed by atoms with Gasteiger partial charge in [0.15, 0.2) is 19.8 Å². The van der Waals surface area contributed by atoms with Crippen LogP contribution in [0.5, 0.6) is 5.75 Å². The highest BCUT2D eigenvalue weighted by Gasteiger charge is 2.40. The quantitative estimate of drug-likeness (QED) is 0.615. The average Bonchev–Trinajstić information content (AvgIpc) is 3.08. The van der Waals surface area contributed by atoms with Crippen molar-refractivity contribution in [2.24, 2.45) is 0 Å². The van der Waals surface area contributed by atoms with Gasteiger partial charge < -0.3 is 19.2 Å². The molecule has 0 aromatic carbocycles. The number of anilines is 1. The Balaban J connectivity index is 1.79. The molecule has 7 nitrogen and oxygen atoms in total. The molecule has 1 saturated heterocycles. The first kappa shape index (κ1) is 20.5. The third-order valence-corrected chi connectivity index (χ3v) is 10.4. The molecule has 0 spiro atoms. The van der Waals surface area contributed by atoms with Crippen molar-refractivity contribution in [2.75, 3.05) is 25.1 Å². The lowest BCUT2D eigenvalue weighted by Gasteiger charge is -2.38. The van der Waals surface area contributed by atoms with E-state index < -0.39 is 14.3 Å². The third kappa shape index (κ3) is 3.84. The molecular formula is C20H29N3O4Si. The molecule has 1 aliphatic heterocycles. The van der Waals surface area contributed by atoms with Gasteiger partial charge in [-0.25, -0.2) is 14.8 Å². The zero-order valence-electron chi connectivity index (χ0n) is 17.4. The maximum Gasteiger partial charge on any atom is 0.360 e. The van der Waals surface area contributed by atoms with E-state index in [0.717, 1.165) is 25.3 Å². The van der Waals surface area contributed by atoms with Crippen LogP contribution in [0.25, 0.3) is 10.9 Å². The Morgan fingerprint density at radius 2 is 2.04 bits per heavy atom. The van der Waals surface area contributed by atoms with Gasteiger partial charge in [0.05, 0.1) is 24.9 Å². The standard InChI is InChI=1S/C20H29N3O4Si/c1-20(2,3)28(5,6)27-13-9-10-23(12-13)16-8-7-14-15(22-16)11-21-17(18(14)24)19(25)26-4/h7-8,11,13,24H,9-10,12H2,1-6H3/t13-/m1/s1. The van der Waals surface area contributed by atoms with Crippen LogP contribution in [-0.4, -0.2) is 55.7 Å². The van der Waals surface area contributed by atoms with Crippen molar-refractivity contribution in [2.45, 2.75) is 51.4 Å². The molecular weight excluding hydrogens is 374 g/mol. The van der Waals surface area contributed by atoms with Crippen LogP contribution >= 0.6 is 0 Å². The van der Waals surface area contributed by atoms with Gasteiger partial charge >= 0.3 is 5.97 Å². The molecule has 0 radical (unpaired) electrons. The lowest BCUT2D eigenvalue weighted by Crippen LogP contribution is -2.44. The largest absolute Gasteiger partial charge is 0.505 e. The number of hydrogen-bond donors (Lipinski definition) is 1. The summed E-state index contributed by atoms with van der Waals surface area (Å²) >= 11 is 0. The maximum absolute atomic E-state index is 11.7. The molecule has 1 atom stereocenters. The molecule has 3 rings (SSSR count). The molecule has 0 amide bonds. The number of rotatable bonds is 4. The summed E-state index contributed by atoms with van der Waals surface area (Å²) in [4.78, 5) is 22.5. The molecule has 2 aromatic rings. The summed E-state index contributed by atoms with van der Waals surface area (Å²) in [5, 5.41) is 11.0. The Hall–Kier alpha value is -2.19. The number of esters is 1. The summed E-state index contributed by atoms with van der Waals surface area (Å²) in [5.74, 6) is -0.0570. The average molecular weight is 404 g/mol. The zero-order chi connectivity index (χ0) is 20.7.